The molecule has 0 atom stereocenters. The molecule has 0 unspecified atom stereocenters. The van der Waals surface area contributed by atoms with Crippen LogP contribution in [-0.2, 0) is 13.6 Å². The third-order valence-electron chi connectivity index (χ3n) is 3.57. The Labute approximate surface area is 126 Å². The number of aromatic nitrogens is 2. The summed E-state index contributed by atoms with van der Waals surface area (Å²) in [4.78, 5) is 2.33. The molecule has 5 heteroatoms. The summed E-state index contributed by atoms with van der Waals surface area (Å²) in [5, 5.41) is 7.67. The van der Waals surface area contributed by atoms with Crippen molar-refractivity contribution in [2.45, 2.75) is 19.9 Å². The fraction of sp³-hybridized carbons (Fsp3) is 0.438. The quantitative estimate of drug-likeness (QED) is 0.767. The van der Waals surface area contributed by atoms with Gasteiger partial charge in [-0.25, -0.2) is 0 Å². The van der Waals surface area contributed by atoms with Gasteiger partial charge >= 0.3 is 0 Å². The molecule has 0 radical (unpaired) electrons. The maximum absolute atomic E-state index is 5.99. The topological polar surface area (TPSA) is 59.1 Å². The normalized spacial score (nSPS) is 11.0. The number of nitrogens with zero attached hydrogens (tertiary/aromatic N) is 3. The molecule has 1 heterocycles. The van der Waals surface area contributed by atoms with Crippen molar-refractivity contribution in [3.05, 3.63) is 41.6 Å². The number of hydrogen-bond acceptors (Lipinski definition) is 4. The van der Waals surface area contributed by atoms with E-state index in [0.29, 0.717) is 0 Å². The van der Waals surface area contributed by atoms with Crippen molar-refractivity contribution in [3.8, 4) is 0 Å². The van der Waals surface area contributed by atoms with Gasteiger partial charge in [-0.15, -0.1) is 0 Å². The first-order valence-electron chi connectivity index (χ1n) is 7.33. The first kappa shape index (κ1) is 15.4. The lowest BCUT2D eigenvalue weighted by Crippen LogP contribution is -2.21. The molecule has 0 aliphatic carbocycles. The zero-order valence-corrected chi connectivity index (χ0v) is 13.1. The number of hydrogen-bond donors (Lipinski definition) is 2. The maximum Gasteiger partial charge on any atom is 0.147 e. The van der Waals surface area contributed by atoms with Crippen molar-refractivity contribution in [1.82, 2.24) is 14.7 Å². The fourth-order valence-electron chi connectivity index (χ4n) is 2.41. The van der Waals surface area contributed by atoms with E-state index in [1.54, 1.807) is 4.68 Å². The number of benzene rings is 1. The Kier molecular flexibility index (Phi) is 5.22. The predicted molar refractivity (Wildman–Crippen MR) is 88.2 cm³/mol. The van der Waals surface area contributed by atoms with Gasteiger partial charge in [0, 0.05) is 20.1 Å². The molecule has 0 fully saturated rings. The van der Waals surface area contributed by atoms with E-state index in [0.717, 1.165) is 43.3 Å². The molecular formula is C16H25N5. The molecule has 5 nitrogen and oxygen atoms in total. The lowest BCUT2D eigenvalue weighted by molar-refractivity contribution is 0.325. The van der Waals surface area contributed by atoms with Crippen molar-refractivity contribution in [3.63, 3.8) is 0 Å². The number of aryl methyl sites for hydroxylation is 2. The minimum Gasteiger partial charge on any atom is -0.394 e. The van der Waals surface area contributed by atoms with Crippen LogP contribution in [0.15, 0.2) is 30.3 Å². The summed E-state index contributed by atoms with van der Waals surface area (Å²) in [6.07, 6.45) is 1.06. The van der Waals surface area contributed by atoms with Gasteiger partial charge < -0.3 is 16.0 Å². The average molecular weight is 287 g/mol. The van der Waals surface area contributed by atoms with Crippen LogP contribution in [0.5, 0.6) is 0 Å². The molecule has 2 aromatic rings. The summed E-state index contributed by atoms with van der Waals surface area (Å²) in [5.74, 6) is 0.915. The second-order valence-corrected chi connectivity index (χ2v) is 5.48. The summed E-state index contributed by atoms with van der Waals surface area (Å²) in [6.45, 7) is 4.84. The molecule has 1 aromatic carbocycles. The Morgan fingerprint density at radius 2 is 2.00 bits per heavy atom. The number of rotatable bonds is 7. The highest BCUT2D eigenvalue weighted by Gasteiger charge is 2.08. The number of anilines is 2. The van der Waals surface area contributed by atoms with Crippen molar-refractivity contribution >= 4 is 11.5 Å². The minimum atomic E-state index is 0.746. The van der Waals surface area contributed by atoms with E-state index in [-0.39, 0.29) is 0 Å². The molecule has 3 N–H and O–H groups in total. The number of nitrogen functional groups attached to an aromatic ring is 1. The van der Waals surface area contributed by atoms with Crippen LogP contribution in [-0.4, -0.2) is 34.8 Å². The first-order valence-corrected chi connectivity index (χ1v) is 7.33. The number of nitrogens with one attached hydrogen (secondary N) is 1. The highest BCUT2D eigenvalue weighted by atomic mass is 15.3. The SMILES string of the molecule is Cc1nn(C)c(NCCCN(C)Cc2ccccc2)c1N. The van der Waals surface area contributed by atoms with Gasteiger partial charge in [0.1, 0.15) is 5.82 Å². The van der Waals surface area contributed by atoms with E-state index in [9.17, 15) is 0 Å². The van der Waals surface area contributed by atoms with E-state index in [4.69, 9.17) is 5.73 Å². The minimum absolute atomic E-state index is 0.746. The molecule has 114 valence electrons. The van der Waals surface area contributed by atoms with Gasteiger partial charge in [0.25, 0.3) is 0 Å². The van der Waals surface area contributed by atoms with E-state index in [2.05, 4.69) is 46.6 Å². The molecule has 0 saturated heterocycles. The Hall–Kier alpha value is -2.01. The standard InChI is InChI=1S/C16H25N5/c1-13-15(17)16(21(3)19-13)18-10-7-11-20(2)12-14-8-5-4-6-9-14/h4-6,8-9,18H,7,10-12,17H2,1-3H3. The molecule has 0 saturated carbocycles. The zero-order valence-electron chi connectivity index (χ0n) is 13.1. The molecule has 2 rings (SSSR count). The molecule has 0 amide bonds. The van der Waals surface area contributed by atoms with Crippen molar-refractivity contribution < 1.29 is 0 Å². The van der Waals surface area contributed by atoms with E-state index < -0.39 is 0 Å². The van der Waals surface area contributed by atoms with E-state index in [1.807, 2.05) is 20.0 Å². The van der Waals surface area contributed by atoms with Crippen LogP contribution in [0.3, 0.4) is 0 Å². The third-order valence-corrected chi connectivity index (χ3v) is 3.57. The van der Waals surface area contributed by atoms with Crippen LogP contribution in [0.4, 0.5) is 11.5 Å². The van der Waals surface area contributed by atoms with Crippen molar-refractivity contribution in [2.24, 2.45) is 7.05 Å². The summed E-state index contributed by atoms with van der Waals surface area (Å²) >= 11 is 0. The largest absolute Gasteiger partial charge is 0.394 e. The summed E-state index contributed by atoms with van der Waals surface area (Å²) in [7, 11) is 4.06. The second kappa shape index (κ2) is 7.13. The highest BCUT2D eigenvalue weighted by Crippen LogP contribution is 2.20. The van der Waals surface area contributed by atoms with Gasteiger partial charge in [-0.1, -0.05) is 30.3 Å². The van der Waals surface area contributed by atoms with Gasteiger partial charge in [-0.05, 0) is 32.5 Å². The van der Waals surface area contributed by atoms with Gasteiger partial charge in [-0.2, -0.15) is 5.10 Å². The van der Waals surface area contributed by atoms with Crippen LogP contribution in [0.2, 0.25) is 0 Å². The van der Waals surface area contributed by atoms with Gasteiger partial charge in [0.05, 0.1) is 11.4 Å². The molecule has 21 heavy (non-hydrogen) atoms. The first-order chi connectivity index (χ1) is 10.1. The van der Waals surface area contributed by atoms with E-state index in [1.165, 1.54) is 5.56 Å². The average Bonchev–Trinajstić information content (AvgIpc) is 2.70. The molecule has 0 aliphatic heterocycles. The third kappa shape index (κ3) is 4.23. The lowest BCUT2D eigenvalue weighted by atomic mass is 10.2. The maximum atomic E-state index is 5.99. The van der Waals surface area contributed by atoms with Crippen molar-refractivity contribution in [2.75, 3.05) is 31.2 Å². The van der Waals surface area contributed by atoms with Crippen LogP contribution in [0.1, 0.15) is 17.7 Å². The summed E-state index contributed by atoms with van der Waals surface area (Å²) in [6, 6.07) is 10.5. The van der Waals surface area contributed by atoms with Gasteiger partial charge in [0.2, 0.25) is 0 Å². The molecule has 0 aliphatic rings. The van der Waals surface area contributed by atoms with Gasteiger partial charge in [-0.3, -0.25) is 4.68 Å². The van der Waals surface area contributed by atoms with E-state index >= 15 is 0 Å². The highest BCUT2D eigenvalue weighted by molar-refractivity contribution is 5.64. The molecule has 0 spiro atoms. The fourth-order valence-corrected chi connectivity index (χ4v) is 2.41. The smallest absolute Gasteiger partial charge is 0.147 e. The number of nitrogens with two attached hydrogens (primary N) is 1. The molecular weight excluding hydrogens is 262 g/mol. The summed E-state index contributed by atoms with van der Waals surface area (Å²) in [5.41, 5.74) is 8.96. The molecule has 1 aromatic heterocycles. The Bertz CT molecular complexity index is 562. The lowest BCUT2D eigenvalue weighted by Gasteiger charge is -2.17. The molecule has 0 bridgehead atoms. The Balaban J connectivity index is 1.72. The Morgan fingerprint density at radius 1 is 1.29 bits per heavy atom. The Morgan fingerprint density at radius 3 is 2.62 bits per heavy atom. The van der Waals surface area contributed by atoms with Crippen LogP contribution in [0, 0.1) is 6.92 Å². The van der Waals surface area contributed by atoms with Crippen LogP contribution >= 0.6 is 0 Å². The van der Waals surface area contributed by atoms with Crippen LogP contribution < -0.4 is 11.1 Å². The van der Waals surface area contributed by atoms with Crippen LogP contribution in [0.25, 0.3) is 0 Å². The second-order valence-electron chi connectivity index (χ2n) is 5.48. The van der Waals surface area contributed by atoms with Gasteiger partial charge in [0.15, 0.2) is 0 Å². The monoisotopic (exact) mass is 287 g/mol. The van der Waals surface area contributed by atoms with Crippen molar-refractivity contribution in [1.29, 1.82) is 0 Å². The predicted octanol–water partition coefficient (Wildman–Crippen LogP) is 2.24. The summed E-state index contributed by atoms with van der Waals surface area (Å²) < 4.78 is 1.80. The zero-order chi connectivity index (χ0) is 15.2.